The summed E-state index contributed by atoms with van der Waals surface area (Å²) in [4.78, 5) is 23.6. The number of carbonyl (C=O) groups is 2. The third-order valence-electron chi connectivity index (χ3n) is 2.60. The summed E-state index contributed by atoms with van der Waals surface area (Å²) in [6.45, 7) is 1.81. The molecule has 15 heavy (non-hydrogen) atoms. The van der Waals surface area contributed by atoms with Crippen LogP contribution in [0.2, 0.25) is 0 Å². The van der Waals surface area contributed by atoms with Gasteiger partial charge in [0.2, 0.25) is 5.91 Å². The first-order chi connectivity index (χ1) is 6.97. The van der Waals surface area contributed by atoms with Crippen LogP contribution in [0, 0.1) is 0 Å². The van der Waals surface area contributed by atoms with E-state index in [1.54, 1.807) is 6.92 Å². The number of hydrogen-bond acceptors (Lipinski definition) is 4. The van der Waals surface area contributed by atoms with Crippen LogP contribution in [-0.4, -0.2) is 51.7 Å². The van der Waals surface area contributed by atoms with E-state index in [1.807, 2.05) is 0 Å². The van der Waals surface area contributed by atoms with Gasteiger partial charge in [0.1, 0.15) is 6.04 Å². The van der Waals surface area contributed by atoms with E-state index in [-0.39, 0.29) is 13.0 Å². The van der Waals surface area contributed by atoms with Crippen molar-refractivity contribution in [2.45, 2.75) is 38.0 Å². The second-order valence-electron chi connectivity index (χ2n) is 3.75. The number of carboxylic acids is 1. The minimum absolute atomic E-state index is 0.0590. The summed E-state index contributed by atoms with van der Waals surface area (Å²) in [6, 6.07) is -1.62. The predicted octanol–water partition coefficient (Wildman–Crippen LogP) is -1.23. The zero-order valence-electron chi connectivity index (χ0n) is 8.59. The molecule has 6 nitrogen and oxygen atoms in total. The standard InChI is InChI=1S/C9H16N2O4/c1-2-6(10)8(13)11-4-5(12)3-7(11)9(14)15/h5-7,12H,2-4,10H2,1H3,(H,14,15)/t5-,6?,7+/m1/s1. The molecule has 0 aliphatic carbocycles. The van der Waals surface area contributed by atoms with Crippen LogP contribution in [0.3, 0.4) is 0 Å². The van der Waals surface area contributed by atoms with Crippen LogP contribution in [0.15, 0.2) is 0 Å². The molecule has 1 rings (SSSR count). The van der Waals surface area contributed by atoms with Crippen LogP contribution in [0.4, 0.5) is 0 Å². The molecule has 0 aromatic carbocycles. The van der Waals surface area contributed by atoms with Crippen LogP contribution in [0.5, 0.6) is 0 Å². The molecule has 0 spiro atoms. The van der Waals surface area contributed by atoms with Crippen LogP contribution < -0.4 is 5.73 Å². The quantitative estimate of drug-likeness (QED) is 0.548. The third kappa shape index (κ3) is 2.45. The number of carbonyl (C=O) groups excluding carboxylic acids is 1. The molecule has 1 aliphatic heterocycles. The highest BCUT2D eigenvalue weighted by Crippen LogP contribution is 2.19. The van der Waals surface area contributed by atoms with Crippen LogP contribution >= 0.6 is 0 Å². The predicted molar refractivity (Wildman–Crippen MR) is 52.0 cm³/mol. The van der Waals surface area contributed by atoms with Gasteiger partial charge in [0.15, 0.2) is 0 Å². The van der Waals surface area contributed by atoms with E-state index in [2.05, 4.69) is 0 Å². The van der Waals surface area contributed by atoms with E-state index in [0.717, 1.165) is 4.90 Å². The molecule has 1 unspecified atom stereocenters. The summed E-state index contributed by atoms with van der Waals surface area (Å²) >= 11 is 0. The smallest absolute Gasteiger partial charge is 0.326 e. The van der Waals surface area contributed by atoms with E-state index >= 15 is 0 Å². The van der Waals surface area contributed by atoms with Crippen molar-refractivity contribution in [2.75, 3.05) is 6.54 Å². The molecule has 1 heterocycles. The van der Waals surface area contributed by atoms with Gasteiger partial charge in [-0.05, 0) is 6.42 Å². The Morgan fingerprint density at radius 1 is 1.60 bits per heavy atom. The van der Waals surface area contributed by atoms with Gasteiger partial charge in [-0.3, -0.25) is 4.79 Å². The zero-order valence-corrected chi connectivity index (χ0v) is 8.59. The lowest BCUT2D eigenvalue weighted by Crippen LogP contribution is -2.48. The normalized spacial score (nSPS) is 27.8. The number of carboxylic acid groups (broad SMARTS) is 1. The van der Waals surface area contributed by atoms with Crippen LogP contribution in [-0.2, 0) is 9.59 Å². The van der Waals surface area contributed by atoms with Crippen molar-refractivity contribution in [3.05, 3.63) is 0 Å². The molecule has 86 valence electrons. The molecule has 1 fully saturated rings. The topological polar surface area (TPSA) is 104 Å². The second-order valence-corrected chi connectivity index (χ2v) is 3.75. The Labute approximate surface area is 87.7 Å². The van der Waals surface area contributed by atoms with Crippen molar-refractivity contribution in [1.29, 1.82) is 0 Å². The molecule has 0 radical (unpaired) electrons. The first kappa shape index (κ1) is 11.9. The minimum atomic E-state index is -1.09. The molecule has 0 saturated carbocycles. The van der Waals surface area contributed by atoms with Crippen molar-refractivity contribution in [3.63, 3.8) is 0 Å². The highest BCUT2D eigenvalue weighted by molar-refractivity contribution is 5.87. The number of amides is 1. The van der Waals surface area contributed by atoms with Gasteiger partial charge in [0.05, 0.1) is 12.1 Å². The highest BCUT2D eigenvalue weighted by atomic mass is 16.4. The first-order valence-electron chi connectivity index (χ1n) is 4.94. The molecule has 3 atom stereocenters. The van der Waals surface area contributed by atoms with Crippen LogP contribution in [0.1, 0.15) is 19.8 Å². The van der Waals surface area contributed by atoms with Gasteiger partial charge in [-0.25, -0.2) is 4.79 Å². The van der Waals surface area contributed by atoms with E-state index in [4.69, 9.17) is 10.8 Å². The van der Waals surface area contributed by atoms with E-state index in [0.29, 0.717) is 6.42 Å². The minimum Gasteiger partial charge on any atom is -0.480 e. The first-order valence-corrected chi connectivity index (χ1v) is 4.94. The Hall–Kier alpha value is -1.14. The van der Waals surface area contributed by atoms with E-state index in [1.165, 1.54) is 0 Å². The Bertz CT molecular complexity index is 269. The van der Waals surface area contributed by atoms with Gasteiger partial charge in [0.25, 0.3) is 0 Å². The molecule has 4 N–H and O–H groups in total. The average Bonchev–Trinajstić information content (AvgIpc) is 2.58. The second kappa shape index (κ2) is 4.59. The monoisotopic (exact) mass is 216 g/mol. The van der Waals surface area contributed by atoms with Gasteiger partial charge in [-0.15, -0.1) is 0 Å². The van der Waals surface area contributed by atoms with Gasteiger partial charge in [-0.1, -0.05) is 6.92 Å². The van der Waals surface area contributed by atoms with Crippen molar-refractivity contribution in [2.24, 2.45) is 5.73 Å². The maximum Gasteiger partial charge on any atom is 0.326 e. The van der Waals surface area contributed by atoms with Gasteiger partial charge < -0.3 is 20.8 Å². The molecule has 1 amide bonds. The van der Waals surface area contributed by atoms with Crippen LogP contribution in [0.25, 0.3) is 0 Å². The van der Waals surface area contributed by atoms with E-state index < -0.39 is 30.1 Å². The number of nitrogens with two attached hydrogens (primary N) is 1. The molecule has 6 heteroatoms. The van der Waals surface area contributed by atoms with Gasteiger partial charge in [-0.2, -0.15) is 0 Å². The highest BCUT2D eigenvalue weighted by Gasteiger charge is 2.39. The maximum atomic E-state index is 11.7. The maximum absolute atomic E-state index is 11.7. The molecule has 0 aromatic rings. The van der Waals surface area contributed by atoms with Crippen molar-refractivity contribution >= 4 is 11.9 Å². The summed E-state index contributed by atoms with van der Waals surface area (Å²) < 4.78 is 0. The summed E-state index contributed by atoms with van der Waals surface area (Å²) in [5.41, 5.74) is 5.54. The molecular formula is C9H16N2O4. The number of aliphatic hydroxyl groups excluding tert-OH is 1. The van der Waals surface area contributed by atoms with Gasteiger partial charge >= 0.3 is 5.97 Å². The molecular weight excluding hydrogens is 200 g/mol. The molecule has 1 aliphatic rings. The Morgan fingerprint density at radius 2 is 2.20 bits per heavy atom. The number of aliphatic carboxylic acids is 1. The molecule has 1 saturated heterocycles. The lowest BCUT2D eigenvalue weighted by Gasteiger charge is -2.23. The summed E-state index contributed by atoms with van der Waals surface area (Å²) in [7, 11) is 0. The zero-order chi connectivity index (χ0) is 11.6. The molecule has 0 bridgehead atoms. The summed E-state index contributed by atoms with van der Waals surface area (Å²) in [5, 5.41) is 18.2. The van der Waals surface area contributed by atoms with Crippen molar-refractivity contribution < 1.29 is 19.8 Å². The van der Waals surface area contributed by atoms with Crippen molar-refractivity contribution in [3.8, 4) is 0 Å². The fourth-order valence-corrected chi connectivity index (χ4v) is 1.68. The fraction of sp³-hybridized carbons (Fsp3) is 0.778. The Morgan fingerprint density at radius 3 is 2.67 bits per heavy atom. The number of β-amino-alcohol motifs (C(OH)–C–C–N with tert-alkyl or cyclic N) is 1. The average molecular weight is 216 g/mol. The number of likely N-dealkylation sites (tertiary alicyclic amines) is 1. The lowest BCUT2D eigenvalue weighted by atomic mass is 10.1. The number of hydrogen-bond donors (Lipinski definition) is 3. The Kier molecular flexibility index (Phi) is 3.65. The number of rotatable bonds is 3. The van der Waals surface area contributed by atoms with Gasteiger partial charge in [0, 0.05) is 13.0 Å². The molecule has 0 aromatic heterocycles. The number of nitrogens with zero attached hydrogens (tertiary/aromatic N) is 1. The van der Waals surface area contributed by atoms with Crippen molar-refractivity contribution in [1.82, 2.24) is 4.90 Å². The Balaban J connectivity index is 2.75. The van der Waals surface area contributed by atoms with E-state index in [9.17, 15) is 14.7 Å². The third-order valence-corrected chi connectivity index (χ3v) is 2.60. The lowest BCUT2D eigenvalue weighted by molar-refractivity contribution is -0.148. The largest absolute Gasteiger partial charge is 0.480 e. The summed E-state index contributed by atoms with van der Waals surface area (Å²) in [5.74, 6) is -1.50. The number of aliphatic hydroxyl groups is 1. The fourth-order valence-electron chi connectivity index (χ4n) is 1.68. The summed E-state index contributed by atoms with van der Waals surface area (Å²) in [6.07, 6.45) is -0.228. The SMILES string of the molecule is CCC(N)C(=O)N1C[C@H](O)C[C@H]1C(=O)O.